The predicted molar refractivity (Wildman–Crippen MR) is 114 cm³/mol. The van der Waals surface area contributed by atoms with Gasteiger partial charge in [-0.15, -0.1) is 0 Å². The Bertz CT molecular complexity index is 1220. The zero-order chi connectivity index (χ0) is 22.4. The second-order valence-electron chi connectivity index (χ2n) is 6.42. The molecule has 0 saturated heterocycles. The van der Waals surface area contributed by atoms with Gasteiger partial charge >= 0.3 is 11.9 Å². The molecule has 0 bridgehead atoms. The van der Waals surface area contributed by atoms with Crippen molar-refractivity contribution in [2.75, 3.05) is 0 Å². The van der Waals surface area contributed by atoms with Gasteiger partial charge in [-0.05, 0) is 24.3 Å². The number of hydrogen-bond donors (Lipinski definition) is 3. The van der Waals surface area contributed by atoms with Gasteiger partial charge in [0.15, 0.2) is 0 Å². The minimum Gasteiger partial charge on any atom is -0.478 e. The number of nitrogens with two attached hydrogens (primary N) is 1. The molecule has 2 aromatic heterocycles. The molecule has 2 heterocycles. The third-order valence-electron chi connectivity index (χ3n) is 4.31. The summed E-state index contributed by atoms with van der Waals surface area (Å²) in [4.78, 5) is 28.2. The Morgan fingerprint density at radius 1 is 1.00 bits per heavy atom. The average Bonchev–Trinajstić information content (AvgIpc) is 3.38. The lowest BCUT2D eigenvalue weighted by Crippen LogP contribution is -1.95. The van der Waals surface area contributed by atoms with Crippen LogP contribution in [0.15, 0.2) is 71.4 Å². The van der Waals surface area contributed by atoms with Crippen molar-refractivity contribution in [1.29, 1.82) is 0 Å². The van der Waals surface area contributed by atoms with Crippen LogP contribution < -0.4 is 5.73 Å². The van der Waals surface area contributed by atoms with E-state index >= 15 is 0 Å². The summed E-state index contributed by atoms with van der Waals surface area (Å²) in [5.41, 5.74) is 10.4. The van der Waals surface area contributed by atoms with Crippen LogP contribution in [0.5, 0.6) is 0 Å². The molecule has 2 aromatic carbocycles. The lowest BCUT2D eigenvalue weighted by atomic mass is 10.1. The zero-order valence-electron chi connectivity index (χ0n) is 16.6. The van der Waals surface area contributed by atoms with Gasteiger partial charge in [0, 0.05) is 36.9 Å². The summed E-state index contributed by atoms with van der Waals surface area (Å²) in [6.45, 7) is 0.376. The summed E-state index contributed by atoms with van der Waals surface area (Å²) in [6, 6.07) is 16.2. The lowest BCUT2D eigenvalue weighted by molar-refractivity contribution is -0.134. The highest BCUT2D eigenvalue weighted by Gasteiger charge is 2.11. The van der Waals surface area contributed by atoms with E-state index in [1.165, 1.54) is 0 Å². The second-order valence-corrected chi connectivity index (χ2v) is 6.42. The van der Waals surface area contributed by atoms with Crippen molar-refractivity contribution < 1.29 is 24.2 Å². The van der Waals surface area contributed by atoms with Crippen molar-refractivity contribution >= 4 is 23.0 Å². The maximum Gasteiger partial charge on any atom is 0.328 e. The van der Waals surface area contributed by atoms with Gasteiger partial charge in [0.2, 0.25) is 5.89 Å². The number of aliphatic carboxylic acids is 2. The van der Waals surface area contributed by atoms with Gasteiger partial charge in [0.1, 0.15) is 12.1 Å². The molecular weight excluding hydrogens is 400 g/mol. The molecule has 0 fully saturated rings. The molecule has 0 aliphatic heterocycles. The van der Waals surface area contributed by atoms with Gasteiger partial charge in [0.25, 0.3) is 0 Å². The number of aryl methyl sites for hydroxylation is 1. The molecule has 0 amide bonds. The predicted octanol–water partition coefficient (Wildman–Crippen LogP) is 3.07. The lowest BCUT2D eigenvalue weighted by Gasteiger charge is -2.03. The number of para-hydroxylation sites is 2. The number of carbonyl (C=O) groups is 2. The number of fused-ring (bicyclic) bond motifs is 1. The fourth-order valence-electron chi connectivity index (χ4n) is 2.84. The van der Waals surface area contributed by atoms with Crippen molar-refractivity contribution in [3.63, 3.8) is 0 Å². The molecule has 0 unspecified atom stereocenters. The van der Waals surface area contributed by atoms with Crippen LogP contribution in [0.2, 0.25) is 0 Å². The normalized spacial score (nSPS) is 10.8. The minimum atomic E-state index is -1.26. The van der Waals surface area contributed by atoms with Crippen LogP contribution >= 0.6 is 0 Å². The van der Waals surface area contributed by atoms with Crippen molar-refractivity contribution in [2.45, 2.75) is 6.54 Å². The smallest absolute Gasteiger partial charge is 0.328 e. The molecule has 0 aliphatic rings. The van der Waals surface area contributed by atoms with Gasteiger partial charge < -0.3 is 24.9 Å². The summed E-state index contributed by atoms with van der Waals surface area (Å²) >= 11 is 0. The summed E-state index contributed by atoms with van der Waals surface area (Å²) in [5.74, 6) is -0.991. The SMILES string of the molecule is Cn1c(-c2ccc(-c3nc(CN)co3)cc2)nc2ccccc21.O=C(O)/C=C/C(=O)O. The highest BCUT2D eigenvalue weighted by molar-refractivity contribution is 5.89. The van der Waals surface area contributed by atoms with Crippen molar-refractivity contribution in [3.05, 3.63) is 72.6 Å². The van der Waals surface area contributed by atoms with Crippen LogP contribution in [0, 0.1) is 0 Å². The molecule has 0 radical (unpaired) electrons. The monoisotopic (exact) mass is 420 g/mol. The van der Waals surface area contributed by atoms with Crippen molar-refractivity contribution in [1.82, 2.24) is 14.5 Å². The van der Waals surface area contributed by atoms with Crippen molar-refractivity contribution in [2.24, 2.45) is 12.8 Å². The van der Waals surface area contributed by atoms with Gasteiger partial charge in [0.05, 0.1) is 16.7 Å². The van der Waals surface area contributed by atoms with E-state index in [0.29, 0.717) is 24.6 Å². The van der Waals surface area contributed by atoms with Crippen LogP contribution in [-0.2, 0) is 23.2 Å². The second kappa shape index (κ2) is 9.51. The van der Waals surface area contributed by atoms with Gasteiger partial charge in [-0.1, -0.05) is 24.3 Å². The highest BCUT2D eigenvalue weighted by atomic mass is 16.4. The summed E-state index contributed by atoms with van der Waals surface area (Å²) < 4.78 is 7.55. The number of benzene rings is 2. The van der Waals surface area contributed by atoms with Crippen LogP contribution in [-0.4, -0.2) is 36.7 Å². The first-order valence-electron chi connectivity index (χ1n) is 9.19. The zero-order valence-corrected chi connectivity index (χ0v) is 16.6. The first-order chi connectivity index (χ1) is 14.9. The number of carboxylic acid groups (broad SMARTS) is 2. The third-order valence-corrected chi connectivity index (χ3v) is 4.31. The Labute approximate surface area is 177 Å². The van der Waals surface area contributed by atoms with E-state index in [1.807, 2.05) is 49.5 Å². The molecule has 9 heteroatoms. The molecule has 0 aliphatic carbocycles. The molecule has 4 aromatic rings. The Hall–Kier alpha value is -4.24. The fourth-order valence-corrected chi connectivity index (χ4v) is 2.84. The molecule has 158 valence electrons. The van der Waals surface area contributed by atoms with Crippen LogP contribution in [0.1, 0.15) is 5.69 Å². The molecule has 4 rings (SSSR count). The number of rotatable bonds is 5. The Morgan fingerprint density at radius 3 is 2.16 bits per heavy atom. The largest absolute Gasteiger partial charge is 0.478 e. The molecule has 0 atom stereocenters. The van der Waals surface area contributed by atoms with Crippen LogP contribution in [0.25, 0.3) is 33.9 Å². The van der Waals surface area contributed by atoms with E-state index in [2.05, 4.69) is 15.6 Å². The maximum absolute atomic E-state index is 9.55. The van der Waals surface area contributed by atoms with E-state index < -0.39 is 11.9 Å². The number of aromatic nitrogens is 3. The highest BCUT2D eigenvalue weighted by Crippen LogP contribution is 2.26. The van der Waals surface area contributed by atoms with Gasteiger partial charge in [-0.25, -0.2) is 19.6 Å². The van der Waals surface area contributed by atoms with E-state index in [1.54, 1.807) is 6.26 Å². The molecule has 9 nitrogen and oxygen atoms in total. The van der Waals surface area contributed by atoms with Crippen LogP contribution in [0.4, 0.5) is 0 Å². The Balaban J connectivity index is 0.000000293. The fraction of sp³-hybridized carbons (Fsp3) is 0.0909. The summed E-state index contributed by atoms with van der Waals surface area (Å²) in [7, 11) is 2.03. The standard InChI is InChI=1S/C18H16N4O.C4H4O4/c1-22-16-5-3-2-4-15(16)21-17(22)12-6-8-13(9-7-12)18-20-14(10-19)11-23-18;5-3(6)1-2-4(7)8/h2-9,11H,10,19H2,1H3;1-2H,(H,5,6)(H,7,8)/b;2-1+. The maximum atomic E-state index is 9.55. The number of carboxylic acids is 2. The Kier molecular flexibility index (Phi) is 6.58. The van der Waals surface area contributed by atoms with E-state index in [4.69, 9.17) is 25.3 Å². The van der Waals surface area contributed by atoms with Crippen molar-refractivity contribution in [3.8, 4) is 22.8 Å². The van der Waals surface area contributed by atoms with E-state index in [0.717, 1.165) is 33.7 Å². The Morgan fingerprint density at radius 2 is 1.61 bits per heavy atom. The topological polar surface area (TPSA) is 144 Å². The number of hydrogen-bond acceptors (Lipinski definition) is 6. The van der Waals surface area contributed by atoms with Gasteiger partial charge in [-0.3, -0.25) is 0 Å². The molecular formula is C22H20N4O5. The summed E-state index contributed by atoms with van der Waals surface area (Å²) in [6.07, 6.45) is 2.71. The molecule has 4 N–H and O–H groups in total. The summed E-state index contributed by atoms with van der Waals surface area (Å²) in [5, 5.41) is 15.6. The number of nitrogens with zero attached hydrogens (tertiary/aromatic N) is 3. The van der Waals surface area contributed by atoms with Gasteiger partial charge in [-0.2, -0.15) is 0 Å². The molecule has 0 spiro atoms. The first kappa shape index (κ1) is 21.5. The molecule has 31 heavy (non-hydrogen) atoms. The number of imidazole rings is 1. The van der Waals surface area contributed by atoms with E-state index in [9.17, 15) is 9.59 Å². The number of oxazole rings is 1. The minimum absolute atomic E-state index is 0.376. The van der Waals surface area contributed by atoms with Crippen LogP contribution in [0.3, 0.4) is 0 Å². The molecule has 0 saturated carbocycles. The van der Waals surface area contributed by atoms with E-state index in [-0.39, 0.29) is 0 Å². The first-order valence-corrected chi connectivity index (χ1v) is 9.19. The third kappa shape index (κ3) is 5.22. The average molecular weight is 420 g/mol. The quantitative estimate of drug-likeness (QED) is 0.418.